The number of para-hydroxylation sites is 2. The second kappa shape index (κ2) is 9.14. The topological polar surface area (TPSA) is 88.7 Å². The van der Waals surface area contributed by atoms with Gasteiger partial charge in [-0.3, -0.25) is 20.4 Å². The number of carbonyl (C=O) groups is 2. The number of hydrogen-bond donors (Lipinski definition) is 3. The van der Waals surface area contributed by atoms with E-state index in [1.165, 1.54) is 0 Å². The fraction of sp³-hybridized carbons (Fsp3) is 0.263. The van der Waals surface area contributed by atoms with Crippen LogP contribution in [0.1, 0.15) is 13.8 Å². The van der Waals surface area contributed by atoms with Gasteiger partial charge in [0.25, 0.3) is 11.8 Å². The molecule has 27 heavy (non-hydrogen) atoms. The first-order valence-electron chi connectivity index (χ1n) is 8.22. The molecule has 7 nitrogen and oxygen atoms in total. The summed E-state index contributed by atoms with van der Waals surface area (Å²) in [5.41, 5.74) is 4.18. The van der Waals surface area contributed by atoms with Crippen molar-refractivity contribution in [1.29, 1.82) is 0 Å². The molecule has 0 bridgehead atoms. The molecule has 3 N–H and O–H groups in total. The molecule has 2 amide bonds. The smallest absolute Gasteiger partial charge is 0.281 e. The van der Waals surface area contributed by atoms with Crippen LogP contribution in [0.5, 0.6) is 11.5 Å². The van der Waals surface area contributed by atoms with Crippen molar-refractivity contribution in [3.05, 3.63) is 53.6 Å². The Balaban J connectivity index is 1.82. The third-order valence-corrected chi connectivity index (χ3v) is 3.85. The molecule has 0 aromatic heterocycles. The number of nitrogens with one attached hydrogen (secondary N) is 3. The van der Waals surface area contributed by atoms with Crippen molar-refractivity contribution in [2.24, 2.45) is 0 Å². The summed E-state index contributed by atoms with van der Waals surface area (Å²) in [5.74, 6) is 0.190. The monoisotopic (exact) mass is 391 g/mol. The molecule has 0 aliphatic heterocycles. The predicted octanol–water partition coefficient (Wildman–Crippen LogP) is 2.77. The summed E-state index contributed by atoms with van der Waals surface area (Å²) < 4.78 is 10.9. The van der Waals surface area contributed by atoms with Gasteiger partial charge in [0.1, 0.15) is 11.5 Å². The SMILES string of the molecule is COc1ccccc1NCC(=O)NNC(=O)C(C)(C)Oc1ccc(Cl)cc1. The number of hydrazine groups is 1. The van der Waals surface area contributed by atoms with E-state index in [0.29, 0.717) is 22.2 Å². The number of benzene rings is 2. The van der Waals surface area contributed by atoms with Gasteiger partial charge < -0.3 is 14.8 Å². The van der Waals surface area contributed by atoms with Crippen LogP contribution in [0.15, 0.2) is 48.5 Å². The lowest BCUT2D eigenvalue weighted by Gasteiger charge is -2.25. The molecule has 0 atom stereocenters. The zero-order valence-electron chi connectivity index (χ0n) is 15.3. The highest BCUT2D eigenvalue weighted by atomic mass is 35.5. The highest BCUT2D eigenvalue weighted by molar-refractivity contribution is 6.30. The molecule has 144 valence electrons. The second-order valence-electron chi connectivity index (χ2n) is 6.12. The Labute approximate surface area is 163 Å². The van der Waals surface area contributed by atoms with Gasteiger partial charge in [0.15, 0.2) is 5.60 Å². The summed E-state index contributed by atoms with van der Waals surface area (Å²) in [7, 11) is 1.55. The molecule has 2 aromatic rings. The van der Waals surface area contributed by atoms with Crippen molar-refractivity contribution >= 4 is 29.1 Å². The zero-order chi connectivity index (χ0) is 19.9. The quantitative estimate of drug-likeness (QED) is 0.631. The van der Waals surface area contributed by atoms with E-state index in [1.807, 2.05) is 12.1 Å². The van der Waals surface area contributed by atoms with E-state index < -0.39 is 17.4 Å². The second-order valence-corrected chi connectivity index (χ2v) is 6.56. The number of carbonyl (C=O) groups excluding carboxylic acids is 2. The Bertz CT molecular complexity index is 794. The number of methoxy groups -OCH3 is 1. The summed E-state index contributed by atoms with van der Waals surface area (Å²) in [4.78, 5) is 24.3. The first-order chi connectivity index (χ1) is 12.8. The summed E-state index contributed by atoms with van der Waals surface area (Å²) in [6.45, 7) is 3.14. The minimum absolute atomic E-state index is 0.0425. The van der Waals surface area contributed by atoms with Gasteiger partial charge in [-0.05, 0) is 50.2 Å². The maximum Gasteiger partial charge on any atom is 0.281 e. The average Bonchev–Trinajstić information content (AvgIpc) is 2.66. The van der Waals surface area contributed by atoms with Gasteiger partial charge in [0, 0.05) is 5.02 Å². The maximum absolute atomic E-state index is 12.3. The number of rotatable bonds is 7. The number of amides is 2. The first-order valence-corrected chi connectivity index (χ1v) is 8.60. The minimum atomic E-state index is -1.20. The normalized spacial score (nSPS) is 10.7. The van der Waals surface area contributed by atoms with Crippen LogP contribution in [0, 0.1) is 0 Å². The number of anilines is 1. The van der Waals surface area contributed by atoms with E-state index in [9.17, 15) is 9.59 Å². The largest absolute Gasteiger partial charge is 0.495 e. The lowest BCUT2D eigenvalue weighted by atomic mass is 10.1. The van der Waals surface area contributed by atoms with E-state index in [4.69, 9.17) is 21.1 Å². The molecule has 0 unspecified atom stereocenters. The molecule has 0 aliphatic rings. The maximum atomic E-state index is 12.3. The van der Waals surface area contributed by atoms with Gasteiger partial charge in [0.2, 0.25) is 0 Å². The van der Waals surface area contributed by atoms with Crippen molar-refractivity contribution in [1.82, 2.24) is 10.9 Å². The average molecular weight is 392 g/mol. The third-order valence-electron chi connectivity index (χ3n) is 3.60. The standard InChI is InChI=1S/C19H22ClN3O4/c1-19(2,27-14-10-8-13(20)9-11-14)18(25)23-22-17(24)12-21-15-6-4-5-7-16(15)26-3/h4-11,21H,12H2,1-3H3,(H,22,24)(H,23,25). The molecule has 2 rings (SSSR count). The molecule has 0 heterocycles. The Morgan fingerprint density at radius 2 is 1.70 bits per heavy atom. The van der Waals surface area contributed by atoms with Crippen molar-refractivity contribution in [3.63, 3.8) is 0 Å². The summed E-state index contributed by atoms with van der Waals surface area (Å²) in [5, 5.41) is 3.51. The summed E-state index contributed by atoms with van der Waals surface area (Å²) >= 11 is 5.83. The molecule has 8 heteroatoms. The zero-order valence-corrected chi connectivity index (χ0v) is 16.1. The van der Waals surface area contributed by atoms with E-state index in [1.54, 1.807) is 57.4 Å². The van der Waals surface area contributed by atoms with Gasteiger partial charge in [0.05, 0.1) is 19.3 Å². The fourth-order valence-corrected chi connectivity index (χ4v) is 2.26. The van der Waals surface area contributed by atoms with Gasteiger partial charge in [-0.15, -0.1) is 0 Å². The molecule has 0 fully saturated rings. The Kier molecular flexibility index (Phi) is 6.90. The van der Waals surface area contributed by atoms with Crippen molar-refractivity contribution in [3.8, 4) is 11.5 Å². The first kappa shape index (κ1) is 20.4. The molecule has 0 saturated heterocycles. The summed E-state index contributed by atoms with van der Waals surface area (Å²) in [6, 6.07) is 13.9. The lowest BCUT2D eigenvalue weighted by molar-refractivity contribution is -0.137. The van der Waals surface area contributed by atoms with Crippen LogP contribution < -0.4 is 25.6 Å². The van der Waals surface area contributed by atoms with Crippen LogP contribution in [0.4, 0.5) is 5.69 Å². The minimum Gasteiger partial charge on any atom is -0.495 e. The predicted molar refractivity (Wildman–Crippen MR) is 104 cm³/mol. The van der Waals surface area contributed by atoms with Crippen LogP contribution in [0.2, 0.25) is 5.02 Å². The van der Waals surface area contributed by atoms with Gasteiger partial charge in [-0.2, -0.15) is 0 Å². The van der Waals surface area contributed by atoms with Crippen LogP contribution in [-0.4, -0.2) is 31.1 Å². The van der Waals surface area contributed by atoms with Crippen LogP contribution in [0.25, 0.3) is 0 Å². The van der Waals surface area contributed by atoms with Crippen LogP contribution >= 0.6 is 11.6 Å². The number of halogens is 1. The number of ether oxygens (including phenoxy) is 2. The fourth-order valence-electron chi connectivity index (χ4n) is 2.13. The Morgan fingerprint density at radius 1 is 1.04 bits per heavy atom. The molecular weight excluding hydrogens is 370 g/mol. The highest BCUT2D eigenvalue weighted by Gasteiger charge is 2.30. The van der Waals surface area contributed by atoms with Crippen molar-refractivity contribution < 1.29 is 19.1 Å². The van der Waals surface area contributed by atoms with Crippen LogP contribution in [0.3, 0.4) is 0 Å². The van der Waals surface area contributed by atoms with Gasteiger partial charge >= 0.3 is 0 Å². The molecule has 0 aliphatic carbocycles. The third kappa shape index (κ3) is 6.07. The van der Waals surface area contributed by atoms with E-state index in [0.717, 1.165) is 0 Å². The molecule has 0 saturated carbocycles. The summed E-state index contributed by atoms with van der Waals surface area (Å²) in [6.07, 6.45) is 0. The van der Waals surface area contributed by atoms with Crippen molar-refractivity contribution in [2.45, 2.75) is 19.4 Å². The van der Waals surface area contributed by atoms with Crippen molar-refractivity contribution in [2.75, 3.05) is 19.0 Å². The van der Waals surface area contributed by atoms with Gasteiger partial charge in [-0.1, -0.05) is 23.7 Å². The van der Waals surface area contributed by atoms with E-state index in [-0.39, 0.29) is 6.54 Å². The molecular formula is C19H22ClN3O4. The van der Waals surface area contributed by atoms with Gasteiger partial charge in [-0.25, -0.2) is 0 Å². The van der Waals surface area contributed by atoms with E-state index in [2.05, 4.69) is 16.2 Å². The Hall–Kier alpha value is -2.93. The molecule has 2 aromatic carbocycles. The molecule has 0 radical (unpaired) electrons. The lowest BCUT2D eigenvalue weighted by Crippen LogP contribution is -2.53. The number of hydrogen-bond acceptors (Lipinski definition) is 5. The Morgan fingerprint density at radius 3 is 2.37 bits per heavy atom. The molecule has 0 spiro atoms. The van der Waals surface area contributed by atoms with E-state index >= 15 is 0 Å². The van der Waals surface area contributed by atoms with Crippen LogP contribution in [-0.2, 0) is 9.59 Å². The highest BCUT2D eigenvalue weighted by Crippen LogP contribution is 2.22.